The molecule has 7 heteroatoms. The van der Waals surface area contributed by atoms with Crippen LogP contribution in [0.4, 0.5) is 4.79 Å². The van der Waals surface area contributed by atoms with Gasteiger partial charge in [-0.05, 0) is 51.6 Å². The zero-order valence-electron chi connectivity index (χ0n) is 16.9. The summed E-state index contributed by atoms with van der Waals surface area (Å²) in [5.41, 5.74) is 1.59. The van der Waals surface area contributed by atoms with Crippen LogP contribution in [0.1, 0.15) is 39.7 Å². The molecule has 0 atom stereocenters. The first-order valence-electron chi connectivity index (χ1n) is 9.85. The Labute approximate surface area is 162 Å². The number of amides is 1. The van der Waals surface area contributed by atoms with Gasteiger partial charge in [0.15, 0.2) is 0 Å². The maximum atomic E-state index is 12.0. The minimum atomic E-state index is -0.330. The summed E-state index contributed by atoms with van der Waals surface area (Å²) in [6.07, 6.45) is 1.49. The third kappa shape index (κ3) is 4.84. The van der Waals surface area contributed by atoms with Crippen molar-refractivity contribution in [2.75, 3.05) is 32.8 Å². The van der Waals surface area contributed by atoms with Gasteiger partial charge in [0, 0.05) is 26.2 Å². The number of nitrogens with zero attached hydrogens (tertiary/aromatic N) is 1. The van der Waals surface area contributed by atoms with Crippen molar-refractivity contribution in [1.82, 2.24) is 10.2 Å². The van der Waals surface area contributed by atoms with Gasteiger partial charge >= 0.3 is 13.2 Å². The Morgan fingerprint density at radius 3 is 2.30 bits per heavy atom. The van der Waals surface area contributed by atoms with Gasteiger partial charge in [0.2, 0.25) is 0 Å². The molecule has 0 spiro atoms. The van der Waals surface area contributed by atoms with Crippen LogP contribution in [0.15, 0.2) is 24.3 Å². The van der Waals surface area contributed by atoms with E-state index in [0.717, 1.165) is 44.5 Å². The number of piperazine rings is 1. The largest absolute Gasteiger partial charge is 0.494 e. The van der Waals surface area contributed by atoms with Crippen LogP contribution < -0.4 is 10.8 Å². The summed E-state index contributed by atoms with van der Waals surface area (Å²) < 4.78 is 17.5. The molecule has 2 fully saturated rings. The quantitative estimate of drug-likeness (QED) is 0.631. The number of benzene rings is 1. The molecule has 27 heavy (non-hydrogen) atoms. The molecular weight excluding hydrogens is 343 g/mol. The SMILES string of the molecule is CC1(C)OB(c2ccc(CCCOC(=O)N3CCNCC3)cc2)OC1(C)C. The molecule has 6 nitrogen and oxygen atoms in total. The summed E-state index contributed by atoms with van der Waals surface area (Å²) in [6.45, 7) is 11.8. The monoisotopic (exact) mass is 374 g/mol. The van der Waals surface area contributed by atoms with Crippen LogP contribution in [0.2, 0.25) is 0 Å². The number of nitrogens with one attached hydrogen (secondary N) is 1. The van der Waals surface area contributed by atoms with Crippen molar-refractivity contribution in [3.63, 3.8) is 0 Å². The van der Waals surface area contributed by atoms with E-state index < -0.39 is 0 Å². The average Bonchev–Trinajstić information content (AvgIpc) is 2.87. The Balaban J connectivity index is 1.43. The van der Waals surface area contributed by atoms with E-state index in [1.807, 2.05) is 0 Å². The molecule has 2 aliphatic rings. The molecule has 0 radical (unpaired) electrons. The zero-order valence-corrected chi connectivity index (χ0v) is 16.9. The Morgan fingerprint density at radius 2 is 1.70 bits per heavy atom. The van der Waals surface area contributed by atoms with E-state index in [1.54, 1.807) is 4.90 Å². The molecule has 2 saturated heterocycles. The fraction of sp³-hybridized carbons (Fsp3) is 0.650. The van der Waals surface area contributed by atoms with Gasteiger partial charge in [-0.15, -0.1) is 0 Å². The second kappa shape index (κ2) is 8.21. The first-order chi connectivity index (χ1) is 12.8. The number of carbonyl (C=O) groups is 1. The molecule has 1 aromatic rings. The Bertz CT molecular complexity index is 626. The Hall–Kier alpha value is -1.57. The lowest BCUT2D eigenvalue weighted by atomic mass is 9.79. The number of hydrogen-bond donors (Lipinski definition) is 1. The van der Waals surface area contributed by atoms with Crippen molar-refractivity contribution in [1.29, 1.82) is 0 Å². The third-order valence-corrected chi connectivity index (χ3v) is 5.72. The van der Waals surface area contributed by atoms with Crippen LogP contribution in [0.5, 0.6) is 0 Å². The maximum Gasteiger partial charge on any atom is 0.494 e. The second-order valence-electron chi connectivity index (χ2n) is 8.28. The summed E-state index contributed by atoms with van der Waals surface area (Å²) in [5.74, 6) is 0. The number of rotatable bonds is 5. The van der Waals surface area contributed by atoms with Crippen LogP contribution in [0, 0.1) is 0 Å². The molecule has 0 aromatic heterocycles. The molecule has 2 aliphatic heterocycles. The minimum Gasteiger partial charge on any atom is -0.449 e. The molecule has 0 unspecified atom stereocenters. The van der Waals surface area contributed by atoms with Crippen molar-refractivity contribution in [2.45, 2.75) is 51.7 Å². The van der Waals surface area contributed by atoms with Gasteiger partial charge in [0.25, 0.3) is 0 Å². The summed E-state index contributed by atoms with van der Waals surface area (Å²) in [6, 6.07) is 8.31. The topological polar surface area (TPSA) is 60.0 Å². The number of aryl methyl sites for hydroxylation is 1. The standard InChI is InChI=1S/C20H31BN2O4/c1-19(2)20(3,4)27-21(26-19)17-9-7-16(8-10-17)6-5-15-25-18(24)23-13-11-22-12-14-23/h7-10,22H,5-6,11-15H2,1-4H3. The van der Waals surface area contributed by atoms with Crippen molar-refractivity contribution in [3.05, 3.63) is 29.8 Å². The van der Waals surface area contributed by atoms with Gasteiger partial charge in [0.05, 0.1) is 17.8 Å². The van der Waals surface area contributed by atoms with Crippen molar-refractivity contribution < 1.29 is 18.8 Å². The van der Waals surface area contributed by atoms with E-state index in [0.29, 0.717) is 6.61 Å². The lowest BCUT2D eigenvalue weighted by Crippen LogP contribution is -2.46. The number of ether oxygens (including phenoxy) is 1. The van der Waals surface area contributed by atoms with Crippen molar-refractivity contribution in [3.8, 4) is 0 Å². The lowest BCUT2D eigenvalue weighted by Gasteiger charge is -2.32. The lowest BCUT2D eigenvalue weighted by molar-refractivity contribution is 0.00578. The van der Waals surface area contributed by atoms with Gasteiger partial charge in [-0.2, -0.15) is 0 Å². The van der Waals surface area contributed by atoms with E-state index in [9.17, 15) is 4.79 Å². The summed E-state index contributed by atoms with van der Waals surface area (Å²) in [7, 11) is -0.330. The predicted molar refractivity (Wildman–Crippen MR) is 106 cm³/mol. The Morgan fingerprint density at radius 1 is 1.11 bits per heavy atom. The number of hydrogen-bond acceptors (Lipinski definition) is 5. The molecule has 0 saturated carbocycles. The summed E-state index contributed by atoms with van der Waals surface area (Å²) in [4.78, 5) is 13.7. The van der Waals surface area contributed by atoms with E-state index in [2.05, 4.69) is 57.3 Å². The van der Waals surface area contributed by atoms with E-state index in [1.165, 1.54) is 5.56 Å². The van der Waals surface area contributed by atoms with Gasteiger partial charge < -0.3 is 24.3 Å². The fourth-order valence-corrected chi connectivity index (χ4v) is 3.20. The first kappa shape index (κ1) is 20.2. The van der Waals surface area contributed by atoms with E-state index in [-0.39, 0.29) is 24.4 Å². The molecular formula is C20H31BN2O4. The molecule has 1 aromatic carbocycles. The molecule has 0 bridgehead atoms. The van der Waals surface area contributed by atoms with Gasteiger partial charge in [-0.25, -0.2) is 4.79 Å². The molecule has 3 rings (SSSR count). The Kier molecular flexibility index (Phi) is 6.13. The number of carbonyl (C=O) groups excluding carboxylic acids is 1. The van der Waals surface area contributed by atoms with Crippen LogP contribution in [-0.2, 0) is 20.5 Å². The predicted octanol–water partition coefficient (Wildman–Crippen LogP) is 1.96. The molecule has 1 amide bonds. The van der Waals surface area contributed by atoms with Crippen LogP contribution in [0.25, 0.3) is 0 Å². The first-order valence-corrected chi connectivity index (χ1v) is 9.85. The van der Waals surface area contributed by atoms with Crippen molar-refractivity contribution >= 4 is 18.7 Å². The maximum absolute atomic E-state index is 12.0. The van der Waals surface area contributed by atoms with Gasteiger partial charge in [0.1, 0.15) is 0 Å². The highest BCUT2D eigenvalue weighted by Crippen LogP contribution is 2.36. The third-order valence-electron chi connectivity index (χ3n) is 5.72. The molecule has 148 valence electrons. The highest BCUT2D eigenvalue weighted by molar-refractivity contribution is 6.62. The smallest absolute Gasteiger partial charge is 0.449 e. The van der Waals surface area contributed by atoms with Gasteiger partial charge in [-0.1, -0.05) is 24.3 Å². The fourth-order valence-electron chi connectivity index (χ4n) is 3.20. The zero-order chi connectivity index (χ0) is 19.5. The summed E-state index contributed by atoms with van der Waals surface area (Å²) >= 11 is 0. The minimum absolute atomic E-state index is 0.201. The van der Waals surface area contributed by atoms with E-state index in [4.69, 9.17) is 14.0 Å². The van der Waals surface area contributed by atoms with Crippen LogP contribution in [-0.4, -0.2) is 62.1 Å². The molecule has 2 heterocycles. The van der Waals surface area contributed by atoms with Crippen molar-refractivity contribution in [2.24, 2.45) is 0 Å². The van der Waals surface area contributed by atoms with Gasteiger partial charge in [-0.3, -0.25) is 0 Å². The highest BCUT2D eigenvalue weighted by Gasteiger charge is 2.51. The highest BCUT2D eigenvalue weighted by atomic mass is 16.7. The molecule has 0 aliphatic carbocycles. The summed E-state index contributed by atoms with van der Waals surface area (Å²) in [5, 5.41) is 3.22. The normalized spacial score (nSPS) is 21.3. The van der Waals surface area contributed by atoms with Crippen LogP contribution in [0.3, 0.4) is 0 Å². The average molecular weight is 374 g/mol. The van der Waals surface area contributed by atoms with E-state index >= 15 is 0 Å². The second-order valence-corrected chi connectivity index (χ2v) is 8.28. The van der Waals surface area contributed by atoms with Crippen LogP contribution >= 0.6 is 0 Å². The molecule has 1 N–H and O–H groups in total.